The zero-order chi connectivity index (χ0) is 28.8. The number of benzene rings is 4. The molecule has 204 valence electrons. The molecule has 0 unspecified atom stereocenters. The second-order valence-corrected chi connectivity index (χ2v) is 9.91. The summed E-state index contributed by atoms with van der Waals surface area (Å²) in [5, 5.41) is 25.6. The van der Waals surface area contributed by atoms with Crippen molar-refractivity contribution < 1.29 is 19.6 Å². The number of aliphatic carboxylic acids is 1. The SMILES string of the molecule is COc1ccc(-c2nc(N/N=C(\Cc3ccccc3[N+](=O)[O-])C(=O)O)sc2-c2ccc(-c3ccccc3)cc2)cc1. The summed E-state index contributed by atoms with van der Waals surface area (Å²) < 4.78 is 5.29. The van der Waals surface area contributed by atoms with Crippen molar-refractivity contribution >= 4 is 33.8 Å². The average Bonchev–Trinajstić information content (AvgIpc) is 3.44. The molecule has 1 aromatic heterocycles. The van der Waals surface area contributed by atoms with Crippen LogP contribution in [0.2, 0.25) is 0 Å². The Kier molecular flexibility index (Phi) is 8.12. The topological polar surface area (TPSA) is 127 Å². The van der Waals surface area contributed by atoms with Gasteiger partial charge in [0.15, 0.2) is 0 Å². The maximum atomic E-state index is 12.0. The molecule has 2 N–H and O–H groups in total. The van der Waals surface area contributed by atoms with E-state index in [4.69, 9.17) is 9.72 Å². The molecule has 5 rings (SSSR count). The quantitative estimate of drug-likeness (QED) is 0.105. The molecule has 0 atom stereocenters. The van der Waals surface area contributed by atoms with Gasteiger partial charge >= 0.3 is 5.97 Å². The van der Waals surface area contributed by atoms with Crippen LogP contribution in [0.25, 0.3) is 32.8 Å². The van der Waals surface area contributed by atoms with E-state index < -0.39 is 10.9 Å². The minimum atomic E-state index is -1.29. The zero-order valence-corrected chi connectivity index (χ0v) is 22.7. The number of nitro benzene ring substituents is 1. The van der Waals surface area contributed by atoms with Crippen LogP contribution >= 0.6 is 11.3 Å². The molecule has 0 radical (unpaired) electrons. The van der Waals surface area contributed by atoms with Gasteiger partial charge in [0.1, 0.15) is 11.5 Å². The van der Waals surface area contributed by atoms with E-state index in [9.17, 15) is 20.0 Å². The van der Waals surface area contributed by atoms with E-state index >= 15 is 0 Å². The Morgan fingerprint density at radius 1 is 0.902 bits per heavy atom. The highest BCUT2D eigenvalue weighted by Crippen LogP contribution is 2.40. The average molecular weight is 565 g/mol. The molecule has 41 heavy (non-hydrogen) atoms. The first-order chi connectivity index (χ1) is 19.9. The first-order valence-electron chi connectivity index (χ1n) is 12.5. The van der Waals surface area contributed by atoms with Crippen molar-refractivity contribution in [2.45, 2.75) is 6.42 Å². The van der Waals surface area contributed by atoms with E-state index in [1.807, 2.05) is 66.7 Å². The van der Waals surface area contributed by atoms with Gasteiger partial charge in [0.25, 0.3) is 5.69 Å². The smallest absolute Gasteiger partial charge is 0.352 e. The van der Waals surface area contributed by atoms with Crippen LogP contribution in [-0.2, 0) is 11.2 Å². The Hall–Kier alpha value is -5.35. The Balaban J connectivity index is 1.49. The van der Waals surface area contributed by atoms with Crippen LogP contribution < -0.4 is 10.2 Å². The van der Waals surface area contributed by atoms with Gasteiger partial charge in [-0.1, -0.05) is 84.1 Å². The normalized spacial score (nSPS) is 11.2. The predicted octanol–water partition coefficient (Wildman–Crippen LogP) is 7.16. The first-order valence-corrected chi connectivity index (χ1v) is 13.3. The summed E-state index contributed by atoms with van der Waals surface area (Å²) in [4.78, 5) is 28.4. The lowest BCUT2D eigenvalue weighted by Crippen LogP contribution is -2.18. The summed E-state index contributed by atoms with van der Waals surface area (Å²) in [5.74, 6) is -0.582. The highest BCUT2D eigenvalue weighted by Gasteiger charge is 2.20. The number of anilines is 1. The molecule has 0 amide bonds. The molecular weight excluding hydrogens is 540 g/mol. The monoisotopic (exact) mass is 564 g/mol. The summed E-state index contributed by atoms with van der Waals surface area (Å²) in [7, 11) is 1.60. The van der Waals surface area contributed by atoms with Crippen LogP contribution in [0.1, 0.15) is 5.56 Å². The van der Waals surface area contributed by atoms with Gasteiger partial charge < -0.3 is 9.84 Å². The molecule has 0 aliphatic rings. The Labute approximate surface area is 239 Å². The molecule has 0 aliphatic heterocycles. The second-order valence-electron chi connectivity index (χ2n) is 8.91. The van der Waals surface area contributed by atoms with Crippen molar-refractivity contribution in [3.8, 4) is 38.6 Å². The number of hydrogen-bond acceptors (Lipinski definition) is 8. The number of methoxy groups -OCH3 is 1. The van der Waals surface area contributed by atoms with Gasteiger partial charge in [0, 0.05) is 23.6 Å². The summed E-state index contributed by atoms with van der Waals surface area (Å²) in [6.07, 6.45) is -0.232. The Morgan fingerprint density at radius 2 is 1.51 bits per heavy atom. The standard InChI is InChI=1S/C31H24N4O5S/c1-40-25-17-15-22(16-18-25)28-29(23-13-11-21(12-14-23)20-7-3-2-4-8-20)41-31(32-28)34-33-26(30(36)37)19-24-9-5-6-10-27(24)35(38)39/h2-18H,19H2,1H3,(H,32,34)(H,36,37)/b33-26+. The van der Waals surface area contributed by atoms with Gasteiger partial charge in [-0.15, -0.1) is 0 Å². The lowest BCUT2D eigenvalue weighted by molar-refractivity contribution is -0.385. The Morgan fingerprint density at radius 3 is 2.17 bits per heavy atom. The maximum absolute atomic E-state index is 12.0. The molecule has 0 bridgehead atoms. The lowest BCUT2D eigenvalue weighted by Gasteiger charge is -2.06. The fraction of sp³-hybridized carbons (Fsp3) is 0.0645. The molecule has 1 heterocycles. The van der Waals surface area contributed by atoms with Crippen molar-refractivity contribution in [3.05, 3.63) is 119 Å². The number of para-hydroxylation sites is 1. The number of rotatable bonds is 10. The Bertz CT molecular complexity index is 1720. The van der Waals surface area contributed by atoms with Crippen LogP contribution in [0.15, 0.2) is 108 Å². The summed E-state index contributed by atoms with van der Waals surface area (Å²) in [5.41, 5.74) is 7.23. The fourth-order valence-corrected chi connectivity index (χ4v) is 5.19. The van der Waals surface area contributed by atoms with Crippen molar-refractivity contribution in [1.82, 2.24) is 4.98 Å². The number of carboxylic acids is 1. The van der Waals surface area contributed by atoms with E-state index in [1.54, 1.807) is 13.2 Å². The van der Waals surface area contributed by atoms with Crippen LogP contribution in [0.4, 0.5) is 10.8 Å². The minimum Gasteiger partial charge on any atom is -0.497 e. The van der Waals surface area contributed by atoms with E-state index in [0.717, 1.165) is 27.1 Å². The van der Waals surface area contributed by atoms with E-state index in [1.165, 1.54) is 29.5 Å². The zero-order valence-electron chi connectivity index (χ0n) is 21.9. The third-order valence-corrected chi connectivity index (χ3v) is 7.33. The molecule has 0 saturated heterocycles. The van der Waals surface area contributed by atoms with E-state index in [-0.39, 0.29) is 23.4 Å². The molecule has 9 nitrogen and oxygen atoms in total. The van der Waals surface area contributed by atoms with Crippen LogP contribution in [0, 0.1) is 10.1 Å². The van der Waals surface area contributed by atoms with Crippen molar-refractivity contribution in [2.75, 3.05) is 12.5 Å². The van der Waals surface area contributed by atoms with Crippen molar-refractivity contribution in [3.63, 3.8) is 0 Å². The molecule has 0 spiro atoms. The van der Waals surface area contributed by atoms with Crippen LogP contribution in [-0.4, -0.2) is 33.8 Å². The van der Waals surface area contributed by atoms with E-state index in [0.29, 0.717) is 16.6 Å². The summed E-state index contributed by atoms with van der Waals surface area (Å²) in [6.45, 7) is 0. The number of aromatic nitrogens is 1. The number of carbonyl (C=O) groups is 1. The van der Waals surface area contributed by atoms with Gasteiger partial charge in [0.05, 0.1) is 22.6 Å². The fourth-order valence-electron chi connectivity index (χ4n) is 4.25. The third-order valence-electron chi connectivity index (χ3n) is 6.32. The number of nitrogens with zero attached hydrogens (tertiary/aromatic N) is 3. The number of carboxylic acid groups (broad SMARTS) is 1. The van der Waals surface area contributed by atoms with E-state index in [2.05, 4.69) is 22.7 Å². The van der Waals surface area contributed by atoms with Gasteiger partial charge in [-0.25, -0.2) is 9.78 Å². The number of ether oxygens (including phenoxy) is 1. The molecule has 0 aliphatic carbocycles. The highest BCUT2D eigenvalue weighted by atomic mass is 32.1. The predicted molar refractivity (Wildman–Crippen MR) is 160 cm³/mol. The summed E-state index contributed by atoms with van der Waals surface area (Å²) >= 11 is 1.33. The van der Waals surface area contributed by atoms with Crippen molar-refractivity contribution in [2.24, 2.45) is 5.10 Å². The third kappa shape index (κ3) is 6.29. The number of thiazole rings is 1. The molecule has 10 heteroatoms. The molecular formula is C31H24N4O5S. The minimum absolute atomic E-state index is 0.168. The number of nitro groups is 1. The number of nitrogens with one attached hydrogen (secondary N) is 1. The molecule has 4 aromatic carbocycles. The molecule has 0 saturated carbocycles. The number of hydrazone groups is 1. The number of hydrogen-bond donors (Lipinski definition) is 2. The second kappa shape index (κ2) is 12.2. The van der Waals surface area contributed by atoms with Crippen molar-refractivity contribution in [1.29, 1.82) is 0 Å². The van der Waals surface area contributed by atoms with Gasteiger partial charge in [-0.3, -0.25) is 15.5 Å². The molecule has 5 aromatic rings. The first kappa shape index (κ1) is 27.2. The molecule has 0 fully saturated rings. The van der Waals surface area contributed by atoms with Crippen LogP contribution in [0.5, 0.6) is 5.75 Å². The van der Waals surface area contributed by atoms with Gasteiger partial charge in [-0.05, 0) is 41.0 Å². The lowest BCUT2D eigenvalue weighted by atomic mass is 10.0. The maximum Gasteiger partial charge on any atom is 0.352 e. The van der Waals surface area contributed by atoms with Gasteiger partial charge in [0.2, 0.25) is 5.13 Å². The largest absolute Gasteiger partial charge is 0.497 e. The highest BCUT2D eigenvalue weighted by molar-refractivity contribution is 7.19. The van der Waals surface area contributed by atoms with Crippen LogP contribution in [0.3, 0.4) is 0 Å². The summed E-state index contributed by atoms with van der Waals surface area (Å²) in [6, 6.07) is 31.7. The van der Waals surface area contributed by atoms with Gasteiger partial charge in [-0.2, -0.15) is 5.10 Å².